The zero-order chi connectivity index (χ0) is 18.6. The van der Waals surface area contributed by atoms with Crippen molar-refractivity contribution in [3.63, 3.8) is 0 Å². The molecule has 2 heterocycles. The van der Waals surface area contributed by atoms with Crippen molar-refractivity contribution < 1.29 is 13.9 Å². The molecule has 0 spiro atoms. The van der Waals surface area contributed by atoms with Crippen molar-refractivity contribution in [2.45, 2.75) is 31.2 Å². The first-order valence-corrected chi connectivity index (χ1v) is 8.40. The second-order valence-corrected chi connectivity index (χ2v) is 6.53. The van der Waals surface area contributed by atoms with Gasteiger partial charge in [0.2, 0.25) is 5.91 Å². The molecule has 2 aromatic rings. The quantitative estimate of drug-likeness (QED) is 0.727. The van der Waals surface area contributed by atoms with Gasteiger partial charge >= 0.3 is 5.69 Å². The number of amides is 1. The average molecular weight is 361 g/mol. The molecule has 0 atom stereocenters. The third kappa shape index (κ3) is 4.66. The van der Waals surface area contributed by atoms with E-state index < -0.39 is 16.8 Å². The molecule has 1 aliphatic rings. The largest absolute Gasteiger partial charge is 0.381 e. The van der Waals surface area contributed by atoms with Crippen molar-refractivity contribution in [3.8, 4) is 0 Å². The van der Waals surface area contributed by atoms with Crippen LogP contribution in [-0.2, 0) is 22.4 Å². The number of hydrogen-bond acceptors (Lipinski definition) is 4. The minimum Gasteiger partial charge on any atom is -0.381 e. The van der Waals surface area contributed by atoms with Gasteiger partial charge in [-0.15, -0.1) is 0 Å². The Labute approximate surface area is 148 Å². The molecule has 3 N–H and O–H groups in total. The Kier molecular flexibility index (Phi) is 5.32. The SMILES string of the molecule is O=C(Cc1cc(=O)[nH]c(=O)[nH]1)NC1(Cc2ccc(F)cc2)CCOCC1. The van der Waals surface area contributed by atoms with Crippen LogP contribution in [0.2, 0.25) is 0 Å². The lowest BCUT2D eigenvalue weighted by molar-refractivity contribution is -0.123. The van der Waals surface area contributed by atoms with Gasteiger partial charge in [0.05, 0.1) is 6.42 Å². The molecule has 1 aliphatic heterocycles. The first-order chi connectivity index (χ1) is 12.4. The van der Waals surface area contributed by atoms with Crippen molar-refractivity contribution in [2.24, 2.45) is 0 Å². The van der Waals surface area contributed by atoms with E-state index in [1.165, 1.54) is 18.2 Å². The highest BCUT2D eigenvalue weighted by molar-refractivity contribution is 5.79. The zero-order valence-corrected chi connectivity index (χ0v) is 14.1. The minimum absolute atomic E-state index is 0.106. The van der Waals surface area contributed by atoms with Crippen LogP contribution in [0.25, 0.3) is 0 Å². The number of aromatic nitrogens is 2. The van der Waals surface area contributed by atoms with E-state index >= 15 is 0 Å². The maximum atomic E-state index is 13.1. The normalized spacial score (nSPS) is 16.2. The molecule has 26 heavy (non-hydrogen) atoms. The number of carbonyl (C=O) groups excluding carboxylic acids is 1. The molecule has 0 unspecified atom stereocenters. The predicted octanol–water partition coefficient (Wildman–Crippen LogP) is 0.653. The maximum absolute atomic E-state index is 13.1. The number of aromatic amines is 2. The molecular formula is C18H20FN3O4. The van der Waals surface area contributed by atoms with Crippen LogP contribution in [0.15, 0.2) is 39.9 Å². The molecule has 1 aromatic heterocycles. The first-order valence-electron chi connectivity index (χ1n) is 8.40. The Morgan fingerprint density at radius 2 is 1.85 bits per heavy atom. The standard InChI is InChI=1S/C18H20FN3O4/c19-13-3-1-12(2-4-13)11-18(5-7-26-8-6-18)22-16(24)10-14-9-15(23)21-17(25)20-14/h1-4,9H,5-8,10-11H2,(H,22,24)(H2,20,21,23,25). The first kappa shape index (κ1) is 18.1. The molecule has 3 rings (SSSR count). The van der Waals surface area contributed by atoms with Crippen LogP contribution in [0, 0.1) is 5.82 Å². The van der Waals surface area contributed by atoms with Gasteiger partial charge in [0, 0.05) is 30.5 Å². The van der Waals surface area contributed by atoms with Crippen molar-refractivity contribution >= 4 is 5.91 Å². The number of rotatable bonds is 5. The second kappa shape index (κ2) is 7.65. The van der Waals surface area contributed by atoms with Gasteiger partial charge in [-0.25, -0.2) is 9.18 Å². The Morgan fingerprint density at radius 1 is 1.15 bits per heavy atom. The molecule has 0 bridgehead atoms. The van der Waals surface area contributed by atoms with Gasteiger partial charge in [0.15, 0.2) is 0 Å². The number of H-pyrrole nitrogens is 2. The van der Waals surface area contributed by atoms with Gasteiger partial charge in [-0.2, -0.15) is 0 Å². The highest BCUT2D eigenvalue weighted by Crippen LogP contribution is 2.26. The van der Waals surface area contributed by atoms with Crippen molar-refractivity contribution in [3.05, 3.63) is 68.2 Å². The van der Waals surface area contributed by atoms with Crippen molar-refractivity contribution in [1.29, 1.82) is 0 Å². The summed E-state index contributed by atoms with van der Waals surface area (Å²) in [5, 5.41) is 3.04. The fourth-order valence-electron chi connectivity index (χ4n) is 3.23. The summed E-state index contributed by atoms with van der Waals surface area (Å²) in [6, 6.07) is 7.38. The summed E-state index contributed by atoms with van der Waals surface area (Å²) in [5.74, 6) is -0.604. The molecule has 0 aliphatic carbocycles. The number of nitrogens with one attached hydrogen (secondary N) is 3. The molecule has 138 valence electrons. The van der Waals surface area contributed by atoms with Gasteiger partial charge in [0.1, 0.15) is 5.82 Å². The Balaban J connectivity index is 1.74. The average Bonchev–Trinajstić information content (AvgIpc) is 2.56. The van der Waals surface area contributed by atoms with Crippen LogP contribution in [-0.4, -0.2) is 34.6 Å². The smallest absolute Gasteiger partial charge is 0.325 e. The van der Waals surface area contributed by atoms with E-state index in [4.69, 9.17) is 4.74 Å². The van der Waals surface area contributed by atoms with E-state index in [9.17, 15) is 18.8 Å². The van der Waals surface area contributed by atoms with E-state index in [1.807, 2.05) is 0 Å². The fraction of sp³-hybridized carbons (Fsp3) is 0.389. The zero-order valence-electron chi connectivity index (χ0n) is 14.1. The summed E-state index contributed by atoms with van der Waals surface area (Å²) in [4.78, 5) is 39.7. The second-order valence-electron chi connectivity index (χ2n) is 6.53. The van der Waals surface area contributed by atoms with Gasteiger partial charge in [-0.1, -0.05) is 12.1 Å². The van der Waals surface area contributed by atoms with Gasteiger partial charge in [0.25, 0.3) is 5.56 Å². The molecule has 1 fully saturated rings. The van der Waals surface area contributed by atoms with Crippen LogP contribution in [0.4, 0.5) is 4.39 Å². The molecule has 1 saturated heterocycles. The lowest BCUT2D eigenvalue weighted by atomic mass is 9.83. The maximum Gasteiger partial charge on any atom is 0.325 e. The third-order valence-corrected chi connectivity index (χ3v) is 4.48. The topological polar surface area (TPSA) is 104 Å². The predicted molar refractivity (Wildman–Crippen MR) is 92.4 cm³/mol. The number of ether oxygens (including phenoxy) is 1. The van der Waals surface area contributed by atoms with Crippen LogP contribution in [0.1, 0.15) is 24.1 Å². The minimum atomic E-state index is -0.646. The van der Waals surface area contributed by atoms with E-state index in [1.54, 1.807) is 12.1 Å². The lowest BCUT2D eigenvalue weighted by Crippen LogP contribution is -2.54. The van der Waals surface area contributed by atoms with E-state index in [-0.39, 0.29) is 23.8 Å². The van der Waals surface area contributed by atoms with Gasteiger partial charge < -0.3 is 15.0 Å². The Morgan fingerprint density at radius 3 is 2.50 bits per heavy atom. The van der Waals surface area contributed by atoms with Crippen LogP contribution < -0.4 is 16.6 Å². The van der Waals surface area contributed by atoms with Crippen molar-refractivity contribution in [1.82, 2.24) is 15.3 Å². The number of benzene rings is 1. The van der Waals surface area contributed by atoms with Gasteiger partial charge in [-0.3, -0.25) is 14.6 Å². The number of carbonyl (C=O) groups is 1. The summed E-state index contributed by atoms with van der Waals surface area (Å²) in [6.07, 6.45) is 1.70. The lowest BCUT2D eigenvalue weighted by Gasteiger charge is -2.38. The third-order valence-electron chi connectivity index (χ3n) is 4.48. The summed E-state index contributed by atoms with van der Waals surface area (Å²) in [7, 11) is 0. The summed E-state index contributed by atoms with van der Waals surface area (Å²) >= 11 is 0. The summed E-state index contributed by atoms with van der Waals surface area (Å²) in [5.41, 5.74) is -0.538. The molecule has 7 nitrogen and oxygen atoms in total. The monoisotopic (exact) mass is 361 g/mol. The van der Waals surface area contributed by atoms with Gasteiger partial charge in [-0.05, 0) is 37.0 Å². The molecular weight excluding hydrogens is 341 g/mol. The number of halogens is 1. The fourth-order valence-corrected chi connectivity index (χ4v) is 3.23. The Bertz CT molecular complexity index is 854. The summed E-state index contributed by atoms with van der Waals surface area (Å²) in [6.45, 7) is 1.03. The van der Waals surface area contributed by atoms with E-state index in [0.29, 0.717) is 32.5 Å². The highest BCUT2D eigenvalue weighted by Gasteiger charge is 2.34. The highest BCUT2D eigenvalue weighted by atomic mass is 19.1. The number of hydrogen-bond donors (Lipinski definition) is 3. The molecule has 1 aromatic carbocycles. The molecule has 8 heteroatoms. The van der Waals surface area contributed by atoms with E-state index in [2.05, 4.69) is 15.3 Å². The molecule has 0 radical (unpaired) electrons. The Hall–Kier alpha value is -2.74. The van der Waals surface area contributed by atoms with Crippen LogP contribution in [0.3, 0.4) is 0 Å². The van der Waals surface area contributed by atoms with Crippen molar-refractivity contribution in [2.75, 3.05) is 13.2 Å². The van der Waals surface area contributed by atoms with Crippen LogP contribution >= 0.6 is 0 Å². The molecule has 1 amide bonds. The van der Waals surface area contributed by atoms with E-state index in [0.717, 1.165) is 5.56 Å². The van der Waals surface area contributed by atoms with Crippen LogP contribution in [0.5, 0.6) is 0 Å². The summed E-state index contributed by atoms with van der Waals surface area (Å²) < 4.78 is 18.5. The molecule has 0 saturated carbocycles.